The summed E-state index contributed by atoms with van der Waals surface area (Å²) >= 11 is 1.70. The lowest BCUT2D eigenvalue weighted by atomic mass is 10.2. The van der Waals surface area contributed by atoms with E-state index in [4.69, 9.17) is 0 Å². The van der Waals surface area contributed by atoms with Gasteiger partial charge in [0.1, 0.15) is 11.3 Å². The molecule has 1 fully saturated rings. The van der Waals surface area contributed by atoms with E-state index in [1.54, 1.807) is 17.5 Å². The average Bonchev–Trinajstić information content (AvgIpc) is 3.08. The summed E-state index contributed by atoms with van der Waals surface area (Å²) in [5.74, 6) is -0.350. The topological polar surface area (TPSA) is 45.2 Å². The van der Waals surface area contributed by atoms with Crippen LogP contribution in [0.25, 0.3) is 11.0 Å². The molecule has 0 N–H and O–H groups in total. The molecule has 0 saturated carbocycles. The molecule has 0 aromatic carbocycles. The molecule has 7 heteroatoms. The molecule has 3 aromatic rings. The first kappa shape index (κ1) is 14.5. The van der Waals surface area contributed by atoms with E-state index in [1.165, 1.54) is 17.1 Å². The SMILES string of the molecule is Fc1cnc2c(N3CCN(Cc4cncs4)CC3)ccnc2c1. The van der Waals surface area contributed by atoms with Gasteiger partial charge in [-0.25, -0.2) is 9.37 Å². The van der Waals surface area contributed by atoms with Gasteiger partial charge in [0.05, 0.1) is 22.9 Å². The van der Waals surface area contributed by atoms with Crippen LogP contribution in [0.2, 0.25) is 0 Å². The van der Waals surface area contributed by atoms with Gasteiger partial charge in [0, 0.05) is 56.1 Å². The van der Waals surface area contributed by atoms with E-state index in [1.807, 2.05) is 17.8 Å². The van der Waals surface area contributed by atoms with E-state index in [0.29, 0.717) is 5.52 Å². The maximum absolute atomic E-state index is 13.3. The Morgan fingerprint density at radius 3 is 2.78 bits per heavy atom. The molecule has 5 nitrogen and oxygen atoms in total. The monoisotopic (exact) mass is 329 g/mol. The van der Waals surface area contributed by atoms with Crippen LogP contribution in [-0.4, -0.2) is 46.0 Å². The van der Waals surface area contributed by atoms with Crippen molar-refractivity contribution in [3.63, 3.8) is 0 Å². The minimum atomic E-state index is -0.350. The molecule has 4 rings (SSSR count). The van der Waals surface area contributed by atoms with Crippen LogP contribution in [-0.2, 0) is 6.54 Å². The van der Waals surface area contributed by atoms with Crippen LogP contribution in [0.5, 0.6) is 0 Å². The number of aromatic nitrogens is 3. The van der Waals surface area contributed by atoms with Crippen LogP contribution in [0.3, 0.4) is 0 Å². The van der Waals surface area contributed by atoms with Crippen LogP contribution in [0, 0.1) is 5.82 Å². The van der Waals surface area contributed by atoms with Gasteiger partial charge >= 0.3 is 0 Å². The summed E-state index contributed by atoms with van der Waals surface area (Å²) in [7, 11) is 0. The number of anilines is 1. The summed E-state index contributed by atoms with van der Waals surface area (Å²) in [6, 6.07) is 3.40. The molecule has 0 spiro atoms. The van der Waals surface area contributed by atoms with E-state index < -0.39 is 0 Å². The Morgan fingerprint density at radius 1 is 1.13 bits per heavy atom. The van der Waals surface area contributed by atoms with Gasteiger partial charge in [-0.15, -0.1) is 11.3 Å². The Bertz CT molecular complexity index is 799. The highest BCUT2D eigenvalue weighted by atomic mass is 32.1. The fraction of sp³-hybridized carbons (Fsp3) is 0.312. The number of thiazole rings is 1. The van der Waals surface area contributed by atoms with Crippen molar-refractivity contribution in [2.75, 3.05) is 31.1 Å². The van der Waals surface area contributed by atoms with E-state index in [2.05, 4.69) is 24.8 Å². The van der Waals surface area contributed by atoms with Crippen LogP contribution in [0.4, 0.5) is 10.1 Å². The van der Waals surface area contributed by atoms with E-state index >= 15 is 0 Å². The molecule has 23 heavy (non-hydrogen) atoms. The Kier molecular flexibility index (Phi) is 3.88. The van der Waals surface area contributed by atoms with Crippen molar-refractivity contribution < 1.29 is 4.39 Å². The first-order valence-electron chi connectivity index (χ1n) is 7.54. The van der Waals surface area contributed by atoms with Crippen LogP contribution in [0.15, 0.2) is 36.2 Å². The second-order valence-electron chi connectivity index (χ2n) is 5.58. The summed E-state index contributed by atoms with van der Waals surface area (Å²) in [6.45, 7) is 4.79. The Balaban J connectivity index is 1.50. The van der Waals surface area contributed by atoms with Crippen molar-refractivity contribution in [1.82, 2.24) is 19.9 Å². The molecule has 4 heterocycles. The first-order chi connectivity index (χ1) is 11.3. The zero-order valence-corrected chi connectivity index (χ0v) is 13.3. The smallest absolute Gasteiger partial charge is 0.143 e. The lowest BCUT2D eigenvalue weighted by Gasteiger charge is -2.36. The highest BCUT2D eigenvalue weighted by Gasteiger charge is 2.20. The van der Waals surface area contributed by atoms with Gasteiger partial charge in [0.2, 0.25) is 0 Å². The van der Waals surface area contributed by atoms with Crippen LogP contribution in [0.1, 0.15) is 4.88 Å². The predicted octanol–water partition coefficient (Wildman–Crippen LogP) is 2.55. The summed E-state index contributed by atoms with van der Waals surface area (Å²) in [5.41, 5.74) is 4.28. The summed E-state index contributed by atoms with van der Waals surface area (Å²) in [6.07, 6.45) is 4.92. The van der Waals surface area contributed by atoms with Gasteiger partial charge in [0.15, 0.2) is 0 Å². The molecule has 1 saturated heterocycles. The van der Waals surface area contributed by atoms with Gasteiger partial charge in [-0.1, -0.05) is 0 Å². The van der Waals surface area contributed by atoms with Gasteiger partial charge in [-0.2, -0.15) is 0 Å². The zero-order chi connectivity index (χ0) is 15.6. The standard InChI is InChI=1S/C16H16FN5S/c17-12-7-14-16(20-8-12)15(1-2-19-14)22-5-3-21(4-6-22)10-13-9-18-11-23-13/h1-2,7-9,11H,3-6,10H2. The molecule has 118 valence electrons. The normalized spacial score (nSPS) is 16.1. The third-order valence-electron chi connectivity index (χ3n) is 4.10. The fourth-order valence-electron chi connectivity index (χ4n) is 2.93. The minimum absolute atomic E-state index is 0.350. The fourth-order valence-corrected chi connectivity index (χ4v) is 3.57. The van der Waals surface area contributed by atoms with Crippen LogP contribution < -0.4 is 4.90 Å². The van der Waals surface area contributed by atoms with E-state index in [0.717, 1.165) is 43.9 Å². The quantitative estimate of drug-likeness (QED) is 0.739. The second kappa shape index (κ2) is 6.17. The molecular weight excluding hydrogens is 313 g/mol. The number of hydrogen-bond donors (Lipinski definition) is 0. The summed E-state index contributed by atoms with van der Waals surface area (Å²) < 4.78 is 13.3. The Labute approximate surface area is 137 Å². The van der Waals surface area contributed by atoms with E-state index in [9.17, 15) is 4.39 Å². The van der Waals surface area contributed by atoms with Gasteiger partial charge < -0.3 is 4.90 Å². The molecule has 0 atom stereocenters. The van der Waals surface area contributed by atoms with Gasteiger partial charge in [0.25, 0.3) is 0 Å². The lowest BCUT2D eigenvalue weighted by molar-refractivity contribution is 0.252. The van der Waals surface area contributed by atoms with Crippen molar-refractivity contribution >= 4 is 28.1 Å². The predicted molar refractivity (Wildman–Crippen MR) is 89.1 cm³/mol. The third kappa shape index (κ3) is 3.02. The molecule has 1 aliphatic rings. The number of fused-ring (bicyclic) bond motifs is 1. The summed E-state index contributed by atoms with van der Waals surface area (Å²) in [5, 5.41) is 0. The average molecular weight is 329 g/mol. The number of nitrogens with zero attached hydrogens (tertiary/aromatic N) is 5. The number of halogens is 1. The number of pyridine rings is 2. The molecule has 0 radical (unpaired) electrons. The molecule has 0 bridgehead atoms. The largest absolute Gasteiger partial charge is 0.367 e. The number of rotatable bonds is 3. The lowest BCUT2D eigenvalue weighted by Crippen LogP contribution is -2.46. The first-order valence-corrected chi connectivity index (χ1v) is 8.42. The molecule has 0 aliphatic carbocycles. The van der Waals surface area contributed by atoms with Gasteiger partial charge in [-0.05, 0) is 6.07 Å². The number of piperazine rings is 1. The van der Waals surface area contributed by atoms with Crippen LogP contribution >= 0.6 is 11.3 Å². The van der Waals surface area contributed by atoms with Crippen molar-refractivity contribution in [2.24, 2.45) is 0 Å². The highest BCUT2D eigenvalue weighted by molar-refractivity contribution is 7.09. The summed E-state index contributed by atoms with van der Waals surface area (Å²) in [4.78, 5) is 18.6. The second-order valence-corrected chi connectivity index (χ2v) is 6.55. The third-order valence-corrected chi connectivity index (χ3v) is 4.86. The van der Waals surface area contributed by atoms with Crippen molar-refractivity contribution in [2.45, 2.75) is 6.54 Å². The number of hydrogen-bond acceptors (Lipinski definition) is 6. The highest BCUT2D eigenvalue weighted by Crippen LogP contribution is 2.25. The van der Waals surface area contributed by atoms with Crippen molar-refractivity contribution in [1.29, 1.82) is 0 Å². The van der Waals surface area contributed by atoms with Gasteiger partial charge in [-0.3, -0.25) is 14.9 Å². The zero-order valence-electron chi connectivity index (χ0n) is 12.5. The molecule has 3 aromatic heterocycles. The maximum atomic E-state index is 13.3. The van der Waals surface area contributed by atoms with Crippen molar-refractivity contribution in [3.8, 4) is 0 Å². The maximum Gasteiger partial charge on any atom is 0.143 e. The molecule has 0 amide bonds. The van der Waals surface area contributed by atoms with E-state index in [-0.39, 0.29) is 5.82 Å². The Hall–Kier alpha value is -2.12. The molecule has 1 aliphatic heterocycles. The van der Waals surface area contributed by atoms with Crippen molar-refractivity contribution in [3.05, 3.63) is 46.9 Å². The molecular formula is C16H16FN5S. The minimum Gasteiger partial charge on any atom is -0.367 e. The Morgan fingerprint density at radius 2 is 2.00 bits per heavy atom. The molecule has 0 unspecified atom stereocenters.